The molecule has 40 heavy (non-hydrogen) atoms. The number of aromatic nitrogens is 1. The van der Waals surface area contributed by atoms with Gasteiger partial charge in [0.1, 0.15) is 0 Å². The minimum absolute atomic E-state index is 0.198. The summed E-state index contributed by atoms with van der Waals surface area (Å²) in [6.07, 6.45) is 3.18. The molecular weight excluding hydrogens is 594 g/mol. The van der Waals surface area contributed by atoms with E-state index in [-0.39, 0.29) is 11.7 Å². The number of carboxylic acid groups (broad SMARTS) is 1. The number of nitrogens with one attached hydrogen (secondary N) is 1. The Balaban J connectivity index is 1.51. The number of nitrogens with zero attached hydrogens (tertiary/aromatic N) is 2. The predicted octanol–water partition coefficient (Wildman–Crippen LogP) is 6.64. The quantitative estimate of drug-likeness (QED) is 0.204. The van der Waals surface area contributed by atoms with Crippen LogP contribution in [0, 0.1) is 0 Å². The van der Waals surface area contributed by atoms with E-state index in [0.717, 1.165) is 22.2 Å². The molecule has 3 aromatic carbocycles. The van der Waals surface area contributed by atoms with Crippen molar-refractivity contribution in [2.75, 3.05) is 13.7 Å². The zero-order valence-electron chi connectivity index (χ0n) is 21.8. The molecule has 1 aromatic heterocycles. The Morgan fingerprint density at radius 1 is 1.18 bits per heavy atom. The summed E-state index contributed by atoms with van der Waals surface area (Å²) in [4.78, 5) is 35.5. The second-order valence-electron chi connectivity index (χ2n) is 9.03. The van der Waals surface area contributed by atoms with Gasteiger partial charge in [0.25, 0.3) is 5.91 Å². The molecule has 1 amide bonds. The minimum Gasteiger partial charge on any atom is -0.493 e. The van der Waals surface area contributed by atoms with E-state index in [4.69, 9.17) is 14.5 Å². The number of fused-ring (bicyclic) bond motifs is 1. The Morgan fingerprint density at radius 2 is 1.93 bits per heavy atom. The maximum Gasteiger partial charge on any atom is 0.344 e. The summed E-state index contributed by atoms with van der Waals surface area (Å²) in [5.74, 6) is -0.731. The highest BCUT2D eigenvalue weighted by Gasteiger charge is 2.34. The van der Waals surface area contributed by atoms with Crippen LogP contribution >= 0.6 is 27.7 Å². The molecule has 1 saturated heterocycles. The third-order valence-electron chi connectivity index (χ3n) is 6.35. The van der Waals surface area contributed by atoms with E-state index in [0.29, 0.717) is 38.8 Å². The number of benzene rings is 3. The lowest BCUT2D eigenvalue weighted by atomic mass is 10.1. The van der Waals surface area contributed by atoms with Crippen LogP contribution in [0.4, 0.5) is 5.69 Å². The first kappa shape index (κ1) is 27.5. The number of amides is 1. The van der Waals surface area contributed by atoms with Crippen LogP contribution in [0.15, 0.2) is 87.3 Å². The summed E-state index contributed by atoms with van der Waals surface area (Å²) in [7, 11) is 1.48. The summed E-state index contributed by atoms with van der Waals surface area (Å²) >= 11 is 4.73. The Labute approximate surface area is 243 Å². The summed E-state index contributed by atoms with van der Waals surface area (Å²) < 4.78 is 11.9. The third kappa shape index (κ3) is 5.93. The summed E-state index contributed by atoms with van der Waals surface area (Å²) in [5, 5.41) is 11.1. The molecule has 1 atom stereocenters. The van der Waals surface area contributed by atoms with Crippen molar-refractivity contribution >= 4 is 67.4 Å². The van der Waals surface area contributed by atoms with Gasteiger partial charge in [0, 0.05) is 33.7 Å². The van der Waals surface area contributed by atoms with E-state index in [1.165, 1.54) is 25.8 Å². The summed E-state index contributed by atoms with van der Waals surface area (Å²) in [5.41, 5.74) is 3.40. The predicted molar refractivity (Wildman–Crippen MR) is 161 cm³/mol. The highest BCUT2D eigenvalue weighted by molar-refractivity contribution is 9.10. The summed E-state index contributed by atoms with van der Waals surface area (Å²) in [6, 6.07) is 21.0. The van der Waals surface area contributed by atoms with Gasteiger partial charge in [0.05, 0.1) is 17.7 Å². The number of carbonyl (C=O) groups excluding carboxylic acids is 1. The lowest BCUT2D eigenvalue weighted by Crippen LogP contribution is -2.31. The number of aromatic amines is 1. The van der Waals surface area contributed by atoms with Crippen LogP contribution in [-0.4, -0.2) is 51.8 Å². The standard InChI is InChI=1S/C30H26BrN3O5S/c1-18(29(36)37)39-27-20(14-21(31)16-25(27)38-2)15-26-28(35)34(30(40-26)33-22-8-4-3-5-9-22)13-12-19-17-32-24-11-7-6-10-23(19)24/h3-11,14-18,32H,12-13H2,1-2H3,(H,36,37). The fraction of sp³-hybridized carbons (Fsp3) is 0.167. The fourth-order valence-electron chi connectivity index (χ4n) is 4.31. The van der Waals surface area contributed by atoms with Crippen LogP contribution in [0.3, 0.4) is 0 Å². The number of amidine groups is 1. The number of ether oxygens (including phenoxy) is 2. The fourth-order valence-corrected chi connectivity index (χ4v) is 5.78. The monoisotopic (exact) mass is 619 g/mol. The number of halogens is 1. The second-order valence-corrected chi connectivity index (χ2v) is 11.0. The van der Waals surface area contributed by atoms with Crippen molar-refractivity contribution in [1.82, 2.24) is 9.88 Å². The molecule has 1 aliphatic heterocycles. The number of carboxylic acids is 1. The van der Waals surface area contributed by atoms with Crippen LogP contribution in [0.2, 0.25) is 0 Å². The molecule has 4 aromatic rings. The van der Waals surface area contributed by atoms with E-state index in [1.807, 2.05) is 54.7 Å². The number of rotatable bonds is 9. The van der Waals surface area contributed by atoms with Crippen molar-refractivity contribution in [3.8, 4) is 11.5 Å². The molecular formula is C30H26BrN3O5S. The lowest BCUT2D eigenvalue weighted by molar-refractivity contribution is -0.144. The Kier molecular flexibility index (Phi) is 8.27. The van der Waals surface area contributed by atoms with Gasteiger partial charge >= 0.3 is 5.97 Å². The molecule has 10 heteroatoms. The molecule has 1 fully saturated rings. The van der Waals surface area contributed by atoms with Crippen molar-refractivity contribution in [3.63, 3.8) is 0 Å². The Morgan fingerprint density at radius 3 is 2.67 bits per heavy atom. The average Bonchev–Trinajstić information content (AvgIpc) is 3.49. The zero-order chi connectivity index (χ0) is 28.2. The van der Waals surface area contributed by atoms with Crippen molar-refractivity contribution in [2.24, 2.45) is 4.99 Å². The molecule has 0 radical (unpaired) electrons. The van der Waals surface area contributed by atoms with Crippen molar-refractivity contribution < 1.29 is 24.2 Å². The molecule has 2 heterocycles. The van der Waals surface area contributed by atoms with E-state index >= 15 is 0 Å². The van der Waals surface area contributed by atoms with Crippen molar-refractivity contribution in [2.45, 2.75) is 19.4 Å². The summed E-state index contributed by atoms with van der Waals surface area (Å²) in [6.45, 7) is 1.87. The molecule has 8 nitrogen and oxygen atoms in total. The number of aliphatic carboxylic acids is 1. The van der Waals surface area contributed by atoms with Crippen molar-refractivity contribution in [1.29, 1.82) is 0 Å². The highest BCUT2D eigenvalue weighted by atomic mass is 79.9. The van der Waals surface area contributed by atoms with Gasteiger partial charge < -0.3 is 19.6 Å². The Hall–Kier alpha value is -4.02. The van der Waals surface area contributed by atoms with Crippen LogP contribution in [0.5, 0.6) is 11.5 Å². The van der Waals surface area contributed by atoms with Gasteiger partial charge in [-0.25, -0.2) is 9.79 Å². The molecule has 0 spiro atoms. The maximum absolute atomic E-state index is 13.8. The molecule has 2 N–H and O–H groups in total. The van der Waals surface area contributed by atoms with Gasteiger partial charge in [0.2, 0.25) is 0 Å². The van der Waals surface area contributed by atoms with Gasteiger partial charge in [-0.05, 0) is 67.1 Å². The van der Waals surface area contributed by atoms with E-state index in [9.17, 15) is 14.7 Å². The topological polar surface area (TPSA) is 104 Å². The highest BCUT2D eigenvalue weighted by Crippen LogP contribution is 2.40. The zero-order valence-corrected chi connectivity index (χ0v) is 24.2. The molecule has 5 rings (SSSR count). The Bertz CT molecular complexity index is 1630. The SMILES string of the molecule is COc1cc(Br)cc(C=C2SC(=Nc3ccccc3)N(CCc3c[nH]c4ccccc34)C2=O)c1OC(C)C(=O)O. The number of aliphatic imine (C=N–C) groups is 1. The normalized spacial score (nSPS) is 16.2. The van der Waals surface area contributed by atoms with Gasteiger partial charge in [-0.2, -0.15) is 0 Å². The molecule has 204 valence electrons. The average molecular weight is 621 g/mol. The van der Waals surface area contributed by atoms with Gasteiger partial charge in [-0.1, -0.05) is 52.3 Å². The number of thioether (sulfide) groups is 1. The first-order valence-corrected chi connectivity index (χ1v) is 14.1. The number of carbonyl (C=O) groups is 2. The smallest absolute Gasteiger partial charge is 0.344 e. The first-order valence-electron chi connectivity index (χ1n) is 12.5. The lowest BCUT2D eigenvalue weighted by Gasteiger charge is -2.17. The van der Waals surface area contributed by atoms with E-state index in [1.54, 1.807) is 23.1 Å². The second kappa shape index (κ2) is 12.0. The third-order valence-corrected chi connectivity index (χ3v) is 7.81. The van der Waals surface area contributed by atoms with Crippen molar-refractivity contribution in [3.05, 3.63) is 93.4 Å². The largest absolute Gasteiger partial charge is 0.493 e. The molecule has 0 saturated carbocycles. The molecule has 0 bridgehead atoms. The van der Waals surface area contributed by atoms with E-state index in [2.05, 4.69) is 27.0 Å². The number of hydrogen-bond acceptors (Lipinski definition) is 6. The molecule has 1 aliphatic rings. The number of para-hydroxylation sites is 2. The van der Waals surface area contributed by atoms with Crippen LogP contribution in [0.25, 0.3) is 17.0 Å². The van der Waals surface area contributed by atoms with Crippen LogP contribution < -0.4 is 9.47 Å². The number of hydrogen-bond donors (Lipinski definition) is 2. The van der Waals surface area contributed by atoms with Gasteiger partial charge in [-0.3, -0.25) is 9.69 Å². The van der Waals surface area contributed by atoms with Crippen LogP contribution in [-0.2, 0) is 16.0 Å². The first-order chi connectivity index (χ1) is 19.3. The van der Waals surface area contributed by atoms with E-state index < -0.39 is 12.1 Å². The maximum atomic E-state index is 13.8. The molecule has 1 unspecified atom stereocenters. The molecule has 0 aliphatic carbocycles. The van der Waals surface area contributed by atoms with Crippen LogP contribution in [0.1, 0.15) is 18.1 Å². The number of methoxy groups -OCH3 is 1. The van der Waals surface area contributed by atoms with Gasteiger partial charge in [0.15, 0.2) is 22.8 Å². The van der Waals surface area contributed by atoms with Gasteiger partial charge in [-0.15, -0.1) is 0 Å². The minimum atomic E-state index is -1.12. The number of H-pyrrole nitrogens is 1.